The number of anilines is 1. The Bertz CT molecular complexity index is 1340. The second kappa shape index (κ2) is 10.3. The van der Waals surface area contributed by atoms with Crippen LogP contribution in [0.3, 0.4) is 0 Å². The number of hydrazone groups is 1. The lowest BCUT2D eigenvalue weighted by molar-refractivity contribution is -0.138. The van der Waals surface area contributed by atoms with Crippen LogP contribution in [0.4, 0.5) is 36.8 Å². The van der Waals surface area contributed by atoms with E-state index in [1.54, 1.807) is 30.3 Å². The summed E-state index contributed by atoms with van der Waals surface area (Å²) in [7, 11) is 1.44. The summed E-state index contributed by atoms with van der Waals surface area (Å²) < 4.78 is 84.0. The molecule has 12 heteroatoms. The van der Waals surface area contributed by atoms with E-state index in [2.05, 4.69) is 10.4 Å². The number of nitrogens with zero attached hydrogens (tertiary/aromatic N) is 2. The molecule has 2 amide bonds. The first kappa shape index (κ1) is 27.5. The van der Waals surface area contributed by atoms with Crippen molar-refractivity contribution in [1.29, 1.82) is 0 Å². The minimum Gasteiger partial charge on any atom is -0.383 e. The summed E-state index contributed by atoms with van der Waals surface area (Å²) in [6, 6.07) is 15.2. The van der Waals surface area contributed by atoms with Crippen LogP contribution in [0.25, 0.3) is 0 Å². The molecule has 3 aromatic rings. The van der Waals surface area contributed by atoms with Gasteiger partial charge in [0.1, 0.15) is 0 Å². The predicted octanol–water partition coefficient (Wildman–Crippen LogP) is 7.21. The number of rotatable bonds is 5. The fourth-order valence-corrected chi connectivity index (χ4v) is 4.57. The molecule has 0 fully saturated rings. The molecule has 1 aliphatic rings. The zero-order valence-electron chi connectivity index (χ0n) is 19.7. The van der Waals surface area contributed by atoms with Gasteiger partial charge in [-0.25, -0.2) is 9.80 Å². The summed E-state index contributed by atoms with van der Waals surface area (Å²) in [6.07, 6.45) is -9.20. The van der Waals surface area contributed by atoms with Gasteiger partial charge in [-0.1, -0.05) is 48.0 Å². The van der Waals surface area contributed by atoms with Crippen LogP contribution in [0.5, 0.6) is 0 Å². The van der Waals surface area contributed by atoms with Gasteiger partial charge in [0.15, 0.2) is 0 Å². The van der Waals surface area contributed by atoms with Crippen LogP contribution in [-0.4, -0.2) is 37.0 Å². The third kappa shape index (κ3) is 5.48. The van der Waals surface area contributed by atoms with Crippen LogP contribution >= 0.6 is 11.6 Å². The summed E-state index contributed by atoms with van der Waals surface area (Å²) in [5.41, 5.74) is -1.72. The molecule has 0 aliphatic carbocycles. The Morgan fingerprint density at radius 3 is 2.21 bits per heavy atom. The number of carbonyl (C=O) groups is 1. The Kier molecular flexibility index (Phi) is 7.44. The first-order valence-electron chi connectivity index (χ1n) is 11.1. The van der Waals surface area contributed by atoms with Crippen molar-refractivity contribution >= 4 is 29.0 Å². The highest BCUT2D eigenvalue weighted by atomic mass is 35.5. The normalized spacial score (nSPS) is 17.9. The lowest BCUT2D eigenvalue weighted by Crippen LogP contribution is -2.44. The molecule has 3 aromatic carbocycles. The van der Waals surface area contributed by atoms with Crippen LogP contribution in [-0.2, 0) is 22.5 Å². The van der Waals surface area contributed by atoms with Crippen molar-refractivity contribution in [3.05, 3.63) is 100 Å². The van der Waals surface area contributed by atoms with Crippen molar-refractivity contribution in [3.8, 4) is 0 Å². The maximum absolute atomic E-state index is 13.3. The maximum atomic E-state index is 13.3. The number of hydrogen-bond acceptors (Lipinski definition) is 3. The minimum atomic E-state index is -4.66. The Balaban J connectivity index is 1.74. The van der Waals surface area contributed by atoms with Gasteiger partial charge in [0, 0.05) is 18.4 Å². The smallest absolute Gasteiger partial charge is 0.383 e. The van der Waals surface area contributed by atoms with Crippen molar-refractivity contribution in [2.75, 3.05) is 25.6 Å². The maximum Gasteiger partial charge on any atom is 0.417 e. The summed E-state index contributed by atoms with van der Waals surface area (Å²) in [4.78, 5) is 13.1. The molecule has 1 heterocycles. The summed E-state index contributed by atoms with van der Waals surface area (Å²) in [5.74, 6) is 0. The van der Waals surface area contributed by atoms with E-state index in [9.17, 15) is 31.1 Å². The average Bonchev–Trinajstić information content (AvgIpc) is 3.24. The molecule has 5 nitrogen and oxygen atoms in total. The predicted molar refractivity (Wildman–Crippen MR) is 130 cm³/mol. The third-order valence-corrected chi connectivity index (χ3v) is 6.37. The van der Waals surface area contributed by atoms with Gasteiger partial charge >= 0.3 is 18.4 Å². The van der Waals surface area contributed by atoms with E-state index in [1.807, 2.05) is 0 Å². The van der Waals surface area contributed by atoms with Crippen molar-refractivity contribution in [3.63, 3.8) is 0 Å². The van der Waals surface area contributed by atoms with Gasteiger partial charge in [-0.3, -0.25) is 0 Å². The lowest BCUT2D eigenvalue weighted by atomic mass is 9.75. The standard InChI is InChI=1S/C26H20ClF6N3O2/c1-38-15-24(17-5-3-2-4-6-17)14-36(23(37)34-19-10-8-18(9-11-19)25(28,29)30)35-22(24)16-7-12-20(21(27)13-16)26(31,32)33/h2-13H,14-15H2,1H3,(H,34,37). The van der Waals surface area contributed by atoms with Crippen LogP contribution < -0.4 is 5.32 Å². The SMILES string of the molecule is COCC1(c2ccccc2)CN(C(=O)Nc2ccc(C(F)(F)F)cc2)N=C1c1ccc(C(F)(F)F)c(Cl)c1. The molecule has 1 aliphatic heterocycles. The molecule has 200 valence electrons. The Hall–Kier alpha value is -3.57. The van der Waals surface area contributed by atoms with E-state index >= 15 is 0 Å². The van der Waals surface area contributed by atoms with Gasteiger partial charge in [-0.05, 0) is 42.0 Å². The molecule has 0 saturated carbocycles. The number of halogens is 7. The van der Waals surface area contributed by atoms with Gasteiger partial charge in [-0.15, -0.1) is 0 Å². The first-order valence-corrected chi connectivity index (χ1v) is 11.5. The second-order valence-corrected chi connectivity index (χ2v) is 8.99. The first-order chi connectivity index (χ1) is 17.8. The topological polar surface area (TPSA) is 53.9 Å². The molecule has 0 radical (unpaired) electrons. The van der Waals surface area contributed by atoms with Crippen molar-refractivity contribution in [2.24, 2.45) is 5.10 Å². The van der Waals surface area contributed by atoms with Crippen LogP contribution in [0.1, 0.15) is 22.3 Å². The number of alkyl halides is 6. The number of methoxy groups -OCH3 is 1. The fourth-order valence-electron chi connectivity index (χ4n) is 4.29. The zero-order valence-corrected chi connectivity index (χ0v) is 20.5. The highest BCUT2D eigenvalue weighted by molar-refractivity contribution is 6.32. The van der Waals surface area contributed by atoms with E-state index in [-0.39, 0.29) is 30.1 Å². The Morgan fingerprint density at radius 1 is 1.00 bits per heavy atom. The number of carbonyl (C=O) groups excluding carboxylic acids is 1. The molecular weight excluding hydrogens is 536 g/mol. The van der Waals surface area contributed by atoms with Gasteiger partial charge in [0.25, 0.3) is 0 Å². The Morgan fingerprint density at radius 2 is 1.66 bits per heavy atom. The van der Waals surface area contributed by atoms with Gasteiger partial charge in [0.05, 0.1) is 40.4 Å². The molecule has 0 aromatic heterocycles. The molecule has 4 rings (SSSR count). The highest BCUT2D eigenvalue weighted by Gasteiger charge is 2.47. The van der Waals surface area contributed by atoms with Gasteiger partial charge in [0.2, 0.25) is 0 Å². The molecule has 0 bridgehead atoms. The lowest BCUT2D eigenvalue weighted by Gasteiger charge is -2.31. The van der Waals surface area contributed by atoms with E-state index in [0.29, 0.717) is 5.56 Å². The second-order valence-electron chi connectivity index (χ2n) is 8.59. The molecular formula is C26H20ClF6N3O2. The van der Waals surface area contributed by atoms with E-state index in [4.69, 9.17) is 16.3 Å². The number of amides is 2. The minimum absolute atomic E-state index is 0.0124. The average molecular weight is 556 g/mol. The number of urea groups is 1. The van der Waals surface area contributed by atoms with Crippen molar-refractivity contribution < 1.29 is 35.9 Å². The summed E-state index contributed by atoms with van der Waals surface area (Å²) in [6.45, 7) is -0.0517. The van der Waals surface area contributed by atoms with Gasteiger partial charge < -0.3 is 10.1 Å². The molecule has 0 spiro atoms. The van der Waals surface area contributed by atoms with Crippen LogP contribution in [0, 0.1) is 0 Å². The monoisotopic (exact) mass is 555 g/mol. The van der Waals surface area contributed by atoms with Crippen molar-refractivity contribution in [2.45, 2.75) is 17.8 Å². The number of hydrogen-bond donors (Lipinski definition) is 1. The number of nitrogens with one attached hydrogen (secondary N) is 1. The van der Waals surface area contributed by atoms with E-state index < -0.39 is 39.9 Å². The summed E-state index contributed by atoms with van der Waals surface area (Å²) >= 11 is 5.98. The quantitative estimate of drug-likeness (QED) is 0.338. The summed E-state index contributed by atoms with van der Waals surface area (Å²) in [5, 5.41) is 7.46. The zero-order chi connectivity index (χ0) is 27.7. The molecule has 1 N–H and O–H groups in total. The van der Waals surface area contributed by atoms with Crippen LogP contribution in [0.15, 0.2) is 77.9 Å². The number of benzene rings is 3. The molecule has 38 heavy (non-hydrogen) atoms. The van der Waals surface area contributed by atoms with Gasteiger partial charge in [-0.2, -0.15) is 31.4 Å². The number of ether oxygens (including phenoxy) is 1. The highest BCUT2D eigenvalue weighted by Crippen LogP contribution is 2.40. The molecule has 1 atom stereocenters. The largest absolute Gasteiger partial charge is 0.417 e. The van der Waals surface area contributed by atoms with E-state index in [1.165, 1.54) is 13.2 Å². The molecule has 1 unspecified atom stereocenters. The molecule has 0 saturated heterocycles. The Labute approximate surface area is 218 Å². The fraction of sp³-hybridized carbons (Fsp3) is 0.231. The van der Waals surface area contributed by atoms with Crippen molar-refractivity contribution in [1.82, 2.24) is 5.01 Å². The van der Waals surface area contributed by atoms with Crippen LogP contribution in [0.2, 0.25) is 5.02 Å². The van der Waals surface area contributed by atoms with E-state index in [0.717, 1.165) is 41.4 Å². The third-order valence-electron chi connectivity index (χ3n) is 6.06.